The van der Waals surface area contributed by atoms with Crippen molar-refractivity contribution in [3.05, 3.63) is 24.3 Å². The van der Waals surface area contributed by atoms with Crippen molar-refractivity contribution in [3.8, 4) is 5.75 Å². The van der Waals surface area contributed by atoms with Crippen LogP contribution in [0.2, 0.25) is 0 Å². The van der Waals surface area contributed by atoms with Crippen molar-refractivity contribution in [3.63, 3.8) is 0 Å². The van der Waals surface area contributed by atoms with Crippen LogP contribution in [0, 0.1) is 11.8 Å². The highest BCUT2D eigenvalue weighted by atomic mass is 16.5. The summed E-state index contributed by atoms with van der Waals surface area (Å²) in [4.78, 5) is 12.2. The number of nitrogens with one attached hydrogen (secondary N) is 2. The molecule has 2 N–H and O–H groups in total. The summed E-state index contributed by atoms with van der Waals surface area (Å²) in [5.74, 6) is 1.21. The van der Waals surface area contributed by atoms with Crippen molar-refractivity contribution in [1.82, 2.24) is 5.32 Å². The van der Waals surface area contributed by atoms with E-state index in [0.29, 0.717) is 19.1 Å². The first kappa shape index (κ1) is 14.8. The average Bonchev–Trinajstić information content (AvgIpc) is 2.86. The van der Waals surface area contributed by atoms with Crippen LogP contribution in [-0.4, -0.2) is 39.3 Å². The standard InChI is InChI=1S/C15H22N2O3/c1-11-9-16-10-14(11)15(18)17-12-4-3-5-13(8-12)20-7-6-19-2/h3-5,8,11,14,16H,6-7,9-10H2,1-2H3,(H,17,18)/t11-,14-/m1/s1. The van der Waals surface area contributed by atoms with Crippen LogP contribution < -0.4 is 15.4 Å². The first-order valence-electron chi connectivity index (χ1n) is 6.94. The number of rotatable bonds is 6. The fourth-order valence-corrected chi connectivity index (χ4v) is 2.30. The Hall–Kier alpha value is -1.59. The molecule has 1 amide bonds. The third-order valence-electron chi connectivity index (χ3n) is 3.51. The van der Waals surface area contributed by atoms with Gasteiger partial charge >= 0.3 is 0 Å². The lowest BCUT2D eigenvalue weighted by Crippen LogP contribution is -2.27. The molecule has 5 nitrogen and oxygen atoms in total. The van der Waals surface area contributed by atoms with E-state index in [0.717, 1.165) is 24.5 Å². The summed E-state index contributed by atoms with van der Waals surface area (Å²) >= 11 is 0. The number of ether oxygens (including phenoxy) is 2. The Morgan fingerprint density at radius 1 is 1.40 bits per heavy atom. The third kappa shape index (κ3) is 3.95. The number of hydrogen-bond acceptors (Lipinski definition) is 4. The van der Waals surface area contributed by atoms with Crippen LogP contribution in [0.4, 0.5) is 5.69 Å². The lowest BCUT2D eigenvalue weighted by atomic mass is 9.97. The van der Waals surface area contributed by atoms with Crippen molar-refractivity contribution >= 4 is 11.6 Å². The molecule has 1 aromatic carbocycles. The molecule has 5 heteroatoms. The van der Waals surface area contributed by atoms with Gasteiger partial charge in [-0.3, -0.25) is 4.79 Å². The van der Waals surface area contributed by atoms with Gasteiger partial charge in [-0.2, -0.15) is 0 Å². The maximum Gasteiger partial charge on any atom is 0.229 e. The highest BCUT2D eigenvalue weighted by Crippen LogP contribution is 2.21. The quantitative estimate of drug-likeness (QED) is 0.774. The number of amides is 1. The minimum absolute atomic E-state index is 0.0352. The van der Waals surface area contributed by atoms with Crippen LogP contribution in [-0.2, 0) is 9.53 Å². The van der Waals surface area contributed by atoms with Crippen molar-refractivity contribution in [2.75, 3.05) is 38.7 Å². The summed E-state index contributed by atoms with van der Waals surface area (Å²) in [6.07, 6.45) is 0. The summed E-state index contributed by atoms with van der Waals surface area (Å²) < 4.78 is 10.5. The molecule has 1 fully saturated rings. The molecule has 1 aliphatic rings. The first-order chi connectivity index (χ1) is 9.70. The molecule has 110 valence electrons. The van der Waals surface area contributed by atoms with Gasteiger partial charge in [-0.1, -0.05) is 13.0 Å². The Bertz CT molecular complexity index is 450. The Balaban J connectivity index is 1.91. The molecule has 0 unspecified atom stereocenters. The Morgan fingerprint density at radius 2 is 2.25 bits per heavy atom. The van der Waals surface area contributed by atoms with Crippen LogP contribution in [0.5, 0.6) is 5.75 Å². The number of carbonyl (C=O) groups excluding carboxylic acids is 1. The Morgan fingerprint density at radius 3 is 2.95 bits per heavy atom. The fraction of sp³-hybridized carbons (Fsp3) is 0.533. The maximum atomic E-state index is 12.2. The topological polar surface area (TPSA) is 59.6 Å². The van der Waals surface area contributed by atoms with Gasteiger partial charge in [0.25, 0.3) is 0 Å². The maximum absolute atomic E-state index is 12.2. The fourth-order valence-electron chi connectivity index (χ4n) is 2.30. The SMILES string of the molecule is COCCOc1cccc(NC(=O)[C@@H]2CNC[C@H]2C)c1. The Labute approximate surface area is 119 Å². The van der Waals surface area contributed by atoms with Crippen LogP contribution in [0.1, 0.15) is 6.92 Å². The minimum atomic E-state index is 0.0352. The minimum Gasteiger partial charge on any atom is -0.491 e. The van der Waals surface area contributed by atoms with Crippen LogP contribution >= 0.6 is 0 Å². The van der Waals surface area contributed by atoms with E-state index >= 15 is 0 Å². The van der Waals surface area contributed by atoms with Crippen molar-refractivity contribution in [2.45, 2.75) is 6.92 Å². The molecule has 0 bridgehead atoms. The van der Waals surface area contributed by atoms with E-state index in [-0.39, 0.29) is 11.8 Å². The van der Waals surface area contributed by atoms with Gasteiger partial charge in [0.2, 0.25) is 5.91 Å². The molecular weight excluding hydrogens is 256 g/mol. The Kier molecular flexibility index (Phi) is 5.38. The van der Waals surface area contributed by atoms with Crippen molar-refractivity contribution in [1.29, 1.82) is 0 Å². The molecule has 0 aliphatic carbocycles. The predicted octanol–water partition coefficient (Wildman–Crippen LogP) is 1.51. The molecule has 2 atom stereocenters. The van der Waals surface area contributed by atoms with Crippen molar-refractivity contribution in [2.24, 2.45) is 11.8 Å². The van der Waals surface area contributed by atoms with Crippen LogP contribution in [0.3, 0.4) is 0 Å². The third-order valence-corrected chi connectivity index (χ3v) is 3.51. The van der Waals surface area contributed by atoms with Gasteiger partial charge in [0.15, 0.2) is 0 Å². The zero-order valence-electron chi connectivity index (χ0n) is 12.0. The number of methoxy groups -OCH3 is 1. The van der Waals surface area contributed by atoms with E-state index in [1.807, 2.05) is 24.3 Å². The number of anilines is 1. The van der Waals surface area contributed by atoms with E-state index in [1.165, 1.54) is 0 Å². The monoisotopic (exact) mass is 278 g/mol. The van der Waals surface area contributed by atoms with Gasteiger partial charge in [0, 0.05) is 25.4 Å². The lowest BCUT2D eigenvalue weighted by molar-refractivity contribution is -0.120. The molecule has 1 saturated heterocycles. The summed E-state index contributed by atoms with van der Waals surface area (Å²) in [5, 5.41) is 6.19. The summed E-state index contributed by atoms with van der Waals surface area (Å²) in [6.45, 7) is 4.78. The molecular formula is C15H22N2O3. The normalized spacial score (nSPS) is 21.7. The number of hydrogen-bond donors (Lipinski definition) is 2. The van der Waals surface area contributed by atoms with E-state index in [4.69, 9.17) is 9.47 Å². The second-order valence-electron chi connectivity index (χ2n) is 5.10. The lowest BCUT2D eigenvalue weighted by Gasteiger charge is -2.15. The first-order valence-corrected chi connectivity index (χ1v) is 6.94. The highest BCUT2D eigenvalue weighted by molar-refractivity contribution is 5.93. The second kappa shape index (κ2) is 7.26. The molecule has 1 aliphatic heterocycles. The molecule has 0 saturated carbocycles. The smallest absolute Gasteiger partial charge is 0.229 e. The van der Waals surface area contributed by atoms with Crippen LogP contribution in [0.15, 0.2) is 24.3 Å². The number of carbonyl (C=O) groups is 1. The average molecular weight is 278 g/mol. The summed E-state index contributed by atoms with van der Waals surface area (Å²) in [6, 6.07) is 7.44. The van der Waals surface area contributed by atoms with E-state index in [9.17, 15) is 4.79 Å². The largest absolute Gasteiger partial charge is 0.491 e. The zero-order chi connectivity index (χ0) is 14.4. The molecule has 1 aromatic rings. The molecule has 0 radical (unpaired) electrons. The van der Waals surface area contributed by atoms with Gasteiger partial charge in [0.1, 0.15) is 12.4 Å². The zero-order valence-corrected chi connectivity index (χ0v) is 12.0. The molecule has 2 rings (SSSR count). The van der Waals surface area contributed by atoms with E-state index in [2.05, 4.69) is 17.6 Å². The second-order valence-corrected chi connectivity index (χ2v) is 5.10. The van der Waals surface area contributed by atoms with Gasteiger partial charge in [-0.05, 0) is 24.6 Å². The van der Waals surface area contributed by atoms with E-state index in [1.54, 1.807) is 7.11 Å². The molecule has 20 heavy (non-hydrogen) atoms. The van der Waals surface area contributed by atoms with Gasteiger partial charge in [-0.15, -0.1) is 0 Å². The summed E-state index contributed by atoms with van der Waals surface area (Å²) in [5.41, 5.74) is 0.768. The van der Waals surface area contributed by atoms with Gasteiger partial charge in [-0.25, -0.2) is 0 Å². The molecule has 1 heterocycles. The van der Waals surface area contributed by atoms with Gasteiger partial charge < -0.3 is 20.1 Å². The molecule has 0 aromatic heterocycles. The highest BCUT2D eigenvalue weighted by Gasteiger charge is 2.29. The predicted molar refractivity (Wildman–Crippen MR) is 78.0 cm³/mol. The number of benzene rings is 1. The van der Waals surface area contributed by atoms with Gasteiger partial charge in [0.05, 0.1) is 12.5 Å². The summed E-state index contributed by atoms with van der Waals surface area (Å²) in [7, 11) is 1.64. The van der Waals surface area contributed by atoms with Crippen molar-refractivity contribution < 1.29 is 14.3 Å². The van der Waals surface area contributed by atoms with E-state index < -0.39 is 0 Å². The van der Waals surface area contributed by atoms with Crippen LogP contribution in [0.25, 0.3) is 0 Å². The molecule has 0 spiro atoms.